The van der Waals surface area contributed by atoms with Gasteiger partial charge in [-0.3, -0.25) is 0 Å². The van der Waals surface area contributed by atoms with E-state index in [0.29, 0.717) is 0 Å². The van der Waals surface area contributed by atoms with Crippen molar-refractivity contribution < 1.29 is 4.39 Å². The van der Waals surface area contributed by atoms with Gasteiger partial charge in [0.05, 0.1) is 16.7 Å². The second kappa shape index (κ2) is 3.38. The number of rotatable bonds is 1. The summed E-state index contributed by atoms with van der Waals surface area (Å²) in [4.78, 5) is 0. The number of allylic oxidation sites excluding steroid dienone is 1. The highest BCUT2D eigenvalue weighted by Gasteiger charge is 2.08. The van der Waals surface area contributed by atoms with Crippen molar-refractivity contribution in [3.8, 4) is 6.07 Å². The van der Waals surface area contributed by atoms with E-state index in [2.05, 4.69) is 6.58 Å². The van der Waals surface area contributed by atoms with Crippen LogP contribution in [0.25, 0.3) is 5.57 Å². The van der Waals surface area contributed by atoms with Crippen LogP contribution >= 0.6 is 11.6 Å². The van der Waals surface area contributed by atoms with Crippen LogP contribution in [0.4, 0.5) is 4.39 Å². The molecular formula is C9H5ClFN. The van der Waals surface area contributed by atoms with E-state index < -0.39 is 5.82 Å². The Hall–Kier alpha value is -1.33. The summed E-state index contributed by atoms with van der Waals surface area (Å²) in [5.41, 5.74) is 0.125. The fourth-order valence-corrected chi connectivity index (χ4v) is 1.12. The van der Waals surface area contributed by atoms with Gasteiger partial charge >= 0.3 is 0 Å². The van der Waals surface area contributed by atoms with Gasteiger partial charge in [-0.2, -0.15) is 5.26 Å². The minimum Gasteiger partial charge on any atom is -0.206 e. The van der Waals surface area contributed by atoms with Crippen molar-refractivity contribution in [2.45, 2.75) is 0 Å². The maximum atomic E-state index is 13.0. The molecule has 0 aliphatic carbocycles. The van der Waals surface area contributed by atoms with Gasteiger partial charge in [-0.1, -0.05) is 24.2 Å². The maximum Gasteiger partial charge on any atom is 0.133 e. The fraction of sp³-hybridized carbons (Fsp3) is 0. The predicted octanol–water partition coefficient (Wildman–Crippen LogP) is 3.02. The van der Waals surface area contributed by atoms with Crippen LogP contribution in [0.2, 0.25) is 5.02 Å². The predicted molar refractivity (Wildman–Crippen MR) is 46.1 cm³/mol. The monoisotopic (exact) mass is 181 g/mol. The summed E-state index contributed by atoms with van der Waals surface area (Å²) in [6, 6.07) is 5.98. The molecular weight excluding hydrogens is 177 g/mol. The summed E-state index contributed by atoms with van der Waals surface area (Å²) in [6.45, 7) is 3.38. The highest BCUT2D eigenvalue weighted by atomic mass is 35.5. The molecule has 12 heavy (non-hydrogen) atoms. The van der Waals surface area contributed by atoms with E-state index in [-0.39, 0.29) is 16.2 Å². The van der Waals surface area contributed by atoms with Crippen LogP contribution in [0.3, 0.4) is 0 Å². The van der Waals surface area contributed by atoms with Crippen molar-refractivity contribution in [3.63, 3.8) is 0 Å². The van der Waals surface area contributed by atoms with Crippen LogP contribution in [0.15, 0.2) is 24.8 Å². The molecule has 0 unspecified atom stereocenters. The smallest absolute Gasteiger partial charge is 0.133 e. The molecule has 1 nitrogen and oxygen atoms in total. The summed E-state index contributed by atoms with van der Waals surface area (Å²) in [6.07, 6.45) is 0. The van der Waals surface area contributed by atoms with Crippen LogP contribution in [0, 0.1) is 17.1 Å². The van der Waals surface area contributed by atoms with Gasteiger partial charge in [0, 0.05) is 5.56 Å². The van der Waals surface area contributed by atoms with Crippen molar-refractivity contribution >= 4 is 17.2 Å². The van der Waals surface area contributed by atoms with E-state index in [1.807, 2.05) is 0 Å². The minimum atomic E-state index is -0.519. The lowest BCUT2D eigenvalue weighted by atomic mass is 10.1. The first-order valence-electron chi connectivity index (χ1n) is 3.20. The van der Waals surface area contributed by atoms with Gasteiger partial charge in [-0.05, 0) is 12.1 Å². The number of nitriles is 1. The molecule has 0 saturated carbocycles. The van der Waals surface area contributed by atoms with Gasteiger partial charge in [-0.25, -0.2) is 4.39 Å². The second-order valence-electron chi connectivity index (χ2n) is 2.19. The molecule has 0 atom stereocenters. The Balaban J connectivity index is 3.33. The second-order valence-corrected chi connectivity index (χ2v) is 2.59. The van der Waals surface area contributed by atoms with Crippen LogP contribution in [-0.2, 0) is 0 Å². The summed E-state index contributed by atoms with van der Waals surface area (Å²) >= 11 is 5.65. The van der Waals surface area contributed by atoms with E-state index in [0.717, 1.165) is 0 Å². The molecule has 60 valence electrons. The lowest BCUT2D eigenvalue weighted by Gasteiger charge is -2.01. The van der Waals surface area contributed by atoms with Gasteiger partial charge in [0.1, 0.15) is 5.82 Å². The van der Waals surface area contributed by atoms with E-state index in [9.17, 15) is 4.39 Å². The number of halogens is 2. The van der Waals surface area contributed by atoms with E-state index >= 15 is 0 Å². The number of hydrogen-bond acceptors (Lipinski definition) is 1. The van der Waals surface area contributed by atoms with Crippen LogP contribution in [-0.4, -0.2) is 0 Å². The molecule has 0 spiro atoms. The molecule has 3 heteroatoms. The van der Waals surface area contributed by atoms with Gasteiger partial charge in [-0.15, -0.1) is 0 Å². The van der Waals surface area contributed by atoms with Crippen molar-refractivity contribution in [3.05, 3.63) is 41.2 Å². The van der Waals surface area contributed by atoms with Crippen LogP contribution in [0.1, 0.15) is 5.56 Å². The molecule has 1 rings (SSSR count). The third kappa shape index (κ3) is 1.46. The quantitative estimate of drug-likeness (QED) is 0.611. The number of benzene rings is 1. The largest absolute Gasteiger partial charge is 0.206 e. The molecule has 1 aromatic carbocycles. The maximum absolute atomic E-state index is 13.0. The van der Waals surface area contributed by atoms with Crippen molar-refractivity contribution in [1.29, 1.82) is 5.26 Å². The molecule has 0 bridgehead atoms. The highest BCUT2D eigenvalue weighted by molar-refractivity contribution is 6.32. The van der Waals surface area contributed by atoms with Crippen LogP contribution in [0.5, 0.6) is 0 Å². The molecule has 0 aliphatic rings. The Morgan fingerprint density at radius 3 is 2.75 bits per heavy atom. The first-order chi connectivity index (χ1) is 5.66. The zero-order chi connectivity index (χ0) is 9.14. The first kappa shape index (κ1) is 8.76. The zero-order valence-corrected chi connectivity index (χ0v) is 6.90. The first-order valence-corrected chi connectivity index (χ1v) is 3.58. The Labute approximate surface area is 74.7 Å². The number of hydrogen-bond donors (Lipinski definition) is 0. The normalized spacial score (nSPS) is 9.08. The van der Waals surface area contributed by atoms with Crippen molar-refractivity contribution in [2.24, 2.45) is 0 Å². The van der Waals surface area contributed by atoms with Crippen molar-refractivity contribution in [2.75, 3.05) is 0 Å². The summed E-state index contributed by atoms with van der Waals surface area (Å²) in [5.74, 6) is -0.519. The van der Waals surface area contributed by atoms with E-state index in [1.165, 1.54) is 18.2 Å². The molecule has 0 aromatic heterocycles. The van der Waals surface area contributed by atoms with Gasteiger partial charge in [0.15, 0.2) is 0 Å². The Morgan fingerprint density at radius 2 is 2.25 bits per heavy atom. The Bertz CT molecular complexity index is 345. The third-order valence-electron chi connectivity index (χ3n) is 1.40. The molecule has 0 radical (unpaired) electrons. The third-order valence-corrected chi connectivity index (χ3v) is 1.71. The lowest BCUT2D eigenvalue weighted by Crippen LogP contribution is -1.87. The highest BCUT2D eigenvalue weighted by Crippen LogP contribution is 2.24. The number of nitrogens with zero attached hydrogens (tertiary/aromatic N) is 1. The van der Waals surface area contributed by atoms with Crippen LogP contribution < -0.4 is 0 Å². The van der Waals surface area contributed by atoms with E-state index in [4.69, 9.17) is 16.9 Å². The average Bonchev–Trinajstić information content (AvgIpc) is 2.03. The SMILES string of the molecule is C=C(C#N)c1c(F)cccc1Cl. The minimum absolute atomic E-state index is 0.0399. The molecule has 0 N–H and O–H groups in total. The molecule has 0 heterocycles. The van der Waals surface area contributed by atoms with Gasteiger partial charge in [0.2, 0.25) is 0 Å². The molecule has 0 fully saturated rings. The fourth-order valence-electron chi connectivity index (χ4n) is 0.842. The summed E-state index contributed by atoms with van der Waals surface area (Å²) < 4.78 is 13.0. The standard InChI is InChI=1S/C9H5ClFN/c1-6(5-12)9-7(10)3-2-4-8(9)11/h2-4H,1H2. The summed E-state index contributed by atoms with van der Waals surface area (Å²) in [7, 11) is 0. The lowest BCUT2D eigenvalue weighted by molar-refractivity contribution is 0.624. The van der Waals surface area contributed by atoms with E-state index in [1.54, 1.807) is 6.07 Å². The Kier molecular flexibility index (Phi) is 2.47. The molecule has 1 aromatic rings. The molecule has 0 aliphatic heterocycles. The molecule has 0 amide bonds. The topological polar surface area (TPSA) is 23.8 Å². The van der Waals surface area contributed by atoms with Gasteiger partial charge in [0.25, 0.3) is 0 Å². The Morgan fingerprint density at radius 1 is 1.58 bits per heavy atom. The zero-order valence-electron chi connectivity index (χ0n) is 6.14. The van der Waals surface area contributed by atoms with Gasteiger partial charge < -0.3 is 0 Å². The van der Waals surface area contributed by atoms with Crippen molar-refractivity contribution in [1.82, 2.24) is 0 Å². The average molecular weight is 182 g/mol. The molecule has 0 saturated heterocycles. The summed E-state index contributed by atoms with van der Waals surface area (Å²) in [5, 5.41) is 8.67.